The minimum Gasteiger partial charge on any atom is -0.478 e. The number of aliphatic hydroxyl groups is 6. The summed E-state index contributed by atoms with van der Waals surface area (Å²) >= 11 is 0. The Morgan fingerprint density at radius 2 is 0.656 bits per heavy atom. The molecule has 0 aromatic carbocycles. The predicted octanol–water partition coefficient (Wildman–Crippen LogP) is -2.56. The molecular formula is C18H30O14. The highest BCUT2D eigenvalue weighted by atomic mass is 16.4. The highest BCUT2D eigenvalue weighted by molar-refractivity contribution is 5.79. The van der Waals surface area contributed by atoms with Crippen molar-refractivity contribution in [3.63, 3.8) is 0 Å². The van der Waals surface area contributed by atoms with E-state index in [0.717, 1.165) is 24.3 Å². The molecule has 0 saturated heterocycles. The van der Waals surface area contributed by atoms with Crippen LogP contribution in [0.25, 0.3) is 0 Å². The Balaban J connectivity index is -0.000000103. The molecule has 14 nitrogen and oxygen atoms in total. The van der Waals surface area contributed by atoms with Gasteiger partial charge in [0.1, 0.15) is 24.4 Å². The van der Waals surface area contributed by atoms with E-state index in [0.29, 0.717) is 0 Å². The second-order valence-corrected chi connectivity index (χ2v) is 4.65. The highest BCUT2D eigenvalue weighted by Crippen LogP contribution is 2.04. The molecule has 10 N–H and O–H groups in total. The zero-order valence-corrected chi connectivity index (χ0v) is 17.0. The van der Waals surface area contributed by atoms with Gasteiger partial charge in [-0.25, -0.2) is 19.2 Å². The van der Waals surface area contributed by atoms with Crippen molar-refractivity contribution in [3.05, 3.63) is 50.6 Å². The van der Waals surface area contributed by atoms with Crippen LogP contribution >= 0.6 is 0 Å². The lowest BCUT2D eigenvalue weighted by Gasteiger charge is -2.24. The van der Waals surface area contributed by atoms with Crippen LogP contribution in [0.1, 0.15) is 0 Å². The van der Waals surface area contributed by atoms with Crippen LogP contribution in [0.2, 0.25) is 0 Å². The monoisotopic (exact) mass is 470 g/mol. The first-order valence-corrected chi connectivity index (χ1v) is 7.98. The summed E-state index contributed by atoms with van der Waals surface area (Å²) in [5, 5.41) is 82.6. The van der Waals surface area contributed by atoms with Crippen molar-refractivity contribution >= 4 is 23.9 Å². The van der Waals surface area contributed by atoms with Gasteiger partial charge in [0.25, 0.3) is 0 Å². The third-order valence-electron chi connectivity index (χ3n) is 2.21. The van der Waals surface area contributed by atoms with Gasteiger partial charge in [-0.05, 0) is 0 Å². The summed E-state index contributed by atoms with van der Waals surface area (Å²) < 4.78 is 0. The van der Waals surface area contributed by atoms with Gasteiger partial charge in [-0.15, -0.1) is 0 Å². The molecule has 0 heterocycles. The molecular weight excluding hydrogens is 440 g/mol. The summed E-state index contributed by atoms with van der Waals surface area (Å²) in [6.45, 7) is 10.4. The first-order chi connectivity index (χ1) is 14.6. The van der Waals surface area contributed by atoms with E-state index in [1.54, 1.807) is 0 Å². The molecule has 32 heavy (non-hydrogen) atoms. The minimum absolute atomic E-state index is 0.726. The van der Waals surface area contributed by atoms with Crippen LogP contribution in [0.15, 0.2) is 50.6 Å². The zero-order valence-electron chi connectivity index (χ0n) is 17.0. The van der Waals surface area contributed by atoms with Crippen LogP contribution in [-0.4, -0.2) is 113 Å². The van der Waals surface area contributed by atoms with Crippen LogP contribution < -0.4 is 0 Å². The van der Waals surface area contributed by atoms with E-state index in [1.807, 2.05) is 0 Å². The molecule has 0 saturated carbocycles. The number of hydrogen-bond donors (Lipinski definition) is 10. The lowest BCUT2D eigenvalue weighted by atomic mass is 10.0. The fraction of sp³-hybridized carbons (Fsp3) is 0.333. The number of carboxylic acid groups (broad SMARTS) is 4. The normalized spacial score (nSPS) is 12.1. The quantitative estimate of drug-likeness (QED) is 0.155. The van der Waals surface area contributed by atoms with E-state index in [1.165, 1.54) is 0 Å². The van der Waals surface area contributed by atoms with Gasteiger partial charge in [0.05, 0.1) is 13.2 Å². The smallest absolute Gasteiger partial charge is 0.327 e. The van der Waals surface area contributed by atoms with Crippen molar-refractivity contribution in [2.75, 3.05) is 13.2 Å². The van der Waals surface area contributed by atoms with Gasteiger partial charge >= 0.3 is 23.9 Å². The van der Waals surface area contributed by atoms with Crippen LogP contribution in [0.4, 0.5) is 0 Å². The SMILES string of the molecule is C=CC(=O)O.C=CC(=O)O.C=CC(=O)O.C=CC(=O)O.OC[C@@H](O)[C@@H](O)[C@H](O)[C@@H](O)CO. The Morgan fingerprint density at radius 3 is 0.719 bits per heavy atom. The molecule has 0 amide bonds. The van der Waals surface area contributed by atoms with Crippen molar-refractivity contribution in [1.29, 1.82) is 0 Å². The number of rotatable bonds is 9. The molecule has 0 aliphatic heterocycles. The minimum atomic E-state index is -1.67. The van der Waals surface area contributed by atoms with Crippen LogP contribution in [0.5, 0.6) is 0 Å². The highest BCUT2D eigenvalue weighted by Gasteiger charge is 2.29. The van der Waals surface area contributed by atoms with E-state index in [2.05, 4.69) is 26.3 Å². The average molecular weight is 470 g/mol. The Morgan fingerprint density at radius 1 is 0.531 bits per heavy atom. The van der Waals surface area contributed by atoms with Gasteiger partial charge in [0.15, 0.2) is 0 Å². The van der Waals surface area contributed by atoms with E-state index in [9.17, 15) is 19.2 Å². The first-order valence-electron chi connectivity index (χ1n) is 7.98. The number of aliphatic hydroxyl groups excluding tert-OH is 6. The maximum atomic E-state index is 9.25. The molecule has 4 atom stereocenters. The zero-order chi connectivity index (χ0) is 26.9. The average Bonchev–Trinajstić information content (AvgIpc) is 2.78. The lowest BCUT2D eigenvalue weighted by Crippen LogP contribution is -2.46. The van der Waals surface area contributed by atoms with Crippen molar-refractivity contribution in [1.82, 2.24) is 0 Å². The van der Waals surface area contributed by atoms with E-state index in [-0.39, 0.29) is 0 Å². The molecule has 0 aliphatic rings. The largest absolute Gasteiger partial charge is 0.478 e. The van der Waals surface area contributed by atoms with Crippen LogP contribution in [0, 0.1) is 0 Å². The van der Waals surface area contributed by atoms with Crippen LogP contribution in [0.3, 0.4) is 0 Å². The van der Waals surface area contributed by atoms with E-state index < -0.39 is 61.5 Å². The second-order valence-electron chi connectivity index (χ2n) is 4.65. The molecule has 0 fully saturated rings. The topological polar surface area (TPSA) is 271 Å². The fourth-order valence-electron chi connectivity index (χ4n) is 0.671. The van der Waals surface area contributed by atoms with E-state index >= 15 is 0 Å². The maximum absolute atomic E-state index is 9.25. The molecule has 0 bridgehead atoms. The van der Waals surface area contributed by atoms with Crippen molar-refractivity contribution in [2.45, 2.75) is 24.4 Å². The Labute approximate surface area is 183 Å². The van der Waals surface area contributed by atoms with Gasteiger partial charge in [0.2, 0.25) is 0 Å². The van der Waals surface area contributed by atoms with Gasteiger partial charge in [-0.1, -0.05) is 26.3 Å². The van der Waals surface area contributed by atoms with Crippen molar-refractivity contribution < 1.29 is 70.2 Å². The number of carboxylic acids is 4. The summed E-state index contributed by atoms with van der Waals surface area (Å²) in [4.78, 5) is 37.0. The molecule has 0 aromatic heterocycles. The van der Waals surface area contributed by atoms with Crippen LogP contribution in [-0.2, 0) is 19.2 Å². The standard InChI is InChI=1S/C6H14O6.4C3H4O2/c7-1-3(9)5(11)6(12)4(10)2-8;4*1-2-3(4)5/h3-12H,1-2H2;4*2H,1H2,(H,4,5)/t3-,4+,5-,6-;;;;/m1..../s1. The van der Waals surface area contributed by atoms with Crippen molar-refractivity contribution in [2.24, 2.45) is 0 Å². The summed E-state index contributed by atoms with van der Waals surface area (Å²) in [7, 11) is 0. The number of hydrogen-bond acceptors (Lipinski definition) is 10. The summed E-state index contributed by atoms with van der Waals surface area (Å²) in [6.07, 6.45) is -3.06. The van der Waals surface area contributed by atoms with Gasteiger partial charge in [0, 0.05) is 24.3 Å². The summed E-state index contributed by atoms with van der Waals surface area (Å²) in [6, 6.07) is 0. The molecule has 0 aromatic rings. The maximum Gasteiger partial charge on any atom is 0.327 e. The van der Waals surface area contributed by atoms with Gasteiger partial charge in [-0.3, -0.25) is 0 Å². The third-order valence-corrected chi connectivity index (χ3v) is 2.21. The molecule has 186 valence electrons. The predicted molar refractivity (Wildman–Crippen MR) is 110 cm³/mol. The molecule has 0 rings (SSSR count). The number of aliphatic carboxylic acids is 4. The Hall–Kier alpha value is -3.40. The fourth-order valence-corrected chi connectivity index (χ4v) is 0.671. The van der Waals surface area contributed by atoms with Crippen molar-refractivity contribution in [3.8, 4) is 0 Å². The first kappa shape index (κ1) is 39.1. The molecule has 14 heteroatoms. The molecule has 0 spiro atoms. The molecule has 0 aliphatic carbocycles. The third kappa shape index (κ3) is 41.1. The second kappa shape index (κ2) is 27.6. The summed E-state index contributed by atoms with van der Waals surface area (Å²) in [5.74, 6) is -3.93. The number of carbonyl (C=O) groups is 4. The molecule has 0 radical (unpaired) electrons. The van der Waals surface area contributed by atoms with Gasteiger partial charge in [-0.2, -0.15) is 0 Å². The Bertz CT molecular complexity index is 486. The Kier molecular flexibility index (Phi) is 33.7. The summed E-state index contributed by atoms with van der Waals surface area (Å²) in [5.41, 5.74) is 0. The van der Waals surface area contributed by atoms with Gasteiger partial charge < -0.3 is 51.1 Å². The van der Waals surface area contributed by atoms with E-state index in [4.69, 9.17) is 51.1 Å². The molecule has 0 unspecified atom stereocenters. The lowest BCUT2D eigenvalue weighted by molar-refractivity contribution is -0.132.